The number of ether oxygens (including phenoxy) is 2. The van der Waals surface area contributed by atoms with Crippen molar-refractivity contribution in [2.24, 2.45) is 11.3 Å². The molecule has 1 aliphatic carbocycles. The van der Waals surface area contributed by atoms with Gasteiger partial charge in [0.25, 0.3) is 0 Å². The number of carbonyl (C=O) groups excluding carboxylic acids is 2. The molecule has 0 spiro atoms. The first-order chi connectivity index (χ1) is 20.8. The van der Waals surface area contributed by atoms with Crippen LogP contribution in [0.25, 0.3) is 0 Å². The molecule has 3 atom stereocenters. The van der Waals surface area contributed by atoms with E-state index in [1.807, 2.05) is 21.7 Å². The Morgan fingerprint density at radius 3 is 2.84 bits per heavy atom. The number of morpholine rings is 1. The minimum absolute atomic E-state index is 0.0478. The molecule has 3 aliphatic heterocycles. The predicted molar refractivity (Wildman–Crippen MR) is 157 cm³/mol. The van der Waals surface area contributed by atoms with E-state index >= 15 is 0 Å². The zero-order valence-corrected chi connectivity index (χ0v) is 25.5. The van der Waals surface area contributed by atoms with Crippen LogP contribution in [0, 0.1) is 11.3 Å². The van der Waals surface area contributed by atoms with Gasteiger partial charge in [-0.3, -0.25) is 14.4 Å². The van der Waals surface area contributed by atoms with E-state index in [2.05, 4.69) is 10.3 Å². The molecule has 2 amide bonds. The maximum Gasteiger partial charge on any atom is 0.310 e. The molecule has 0 unspecified atom stereocenters. The zero-order chi connectivity index (χ0) is 30.1. The Morgan fingerprint density at radius 2 is 2.02 bits per heavy atom. The number of benzene rings is 1. The molecule has 2 fully saturated rings. The Kier molecular flexibility index (Phi) is 8.64. The molecule has 11 nitrogen and oxygen atoms in total. The number of carbonyl (C=O) groups is 3. The summed E-state index contributed by atoms with van der Waals surface area (Å²) in [6.07, 6.45) is 6.70. The number of aromatic nitrogens is 3. The lowest BCUT2D eigenvalue weighted by Crippen LogP contribution is -2.51. The standard InChI is InChI=1S/C31H40ClN5O6/c1-31(30(40)41)12-4-2-6-21(31)29(39)36-15-10-20-22(32)8-9-26(43-18-23-24-7-3-5-13-37(24)34-33-23)28(20)25(36)11-14-35-16-17-42-19-27(35)38/h8-9,21,25H,2-7,10-19H2,1H3,(H,40,41)/t21-,25+,31-/m0/s1. The summed E-state index contributed by atoms with van der Waals surface area (Å²) in [5, 5.41) is 19.5. The van der Waals surface area contributed by atoms with Gasteiger partial charge in [0.2, 0.25) is 11.8 Å². The normalized spacial score (nSPS) is 25.7. The van der Waals surface area contributed by atoms with Gasteiger partial charge in [0.15, 0.2) is 0 Å². The van der Waals surface area contributed by atoms with Gasteiger partial charge in [0.1, 0.15) is 24.7 Å². The number of amides is 2. The fourth-order valence-corrected chi connectivity index (χ4v) is 7.61. The lowest BCUT2D eigenvalue weighted by Gasteiger charge is -2.45. The maximum absolute atomic E-state index is 14.4. The van der Waals surface area contributed by atoms with Crippen LogP contribution in [0.3, 0.4) is 0 Å². The van der Waals surface area contributed by atoms with E-state index in [1.165, 1.54) is 0 Å². The molecule has 12 heteroatoms. The number of carboxylic acid groups (broad SMARTS) is 1. The second-order valence-electron chi connectivity index (χ2n) is 12.4. The Hall–Kier alpha value is -3.18. The summed E-state index contributed by atoms with van der Waals surface area (Å²) in [5.41, 5.74) is 2.54. The third-order valence-electron chi connectivity index (χ3n) is 9.92. The minimum Gasteiger partial charge on any atom is -0.487 e. The summed E-state index contributed by atoms with van der Waals surface area (Å²) >= 11 is 6.77. The van der Waals surface area contributed by atoms with Crippen LogP contribution in [0.2, 0.25) is 5.02 Å². The van der Waals surface area contributed by atoms with Crippen molar-refractivity contribution in [2.75, 3.05) is 32.8 Å². The molecular weight excluding hydrogens is 574 g/mol. The number of halogens is 1. The van der Waals surface area contributed by atoms with Crippen LogP contribution in [-0.2, 0) is 45.1 Å². The van der Waals surface area contributed by atoms with Gasteiger partial charge in [0.05, 0.1) is 29.7 Å². The van der Waals surface area contributed by atoms with Gasteiger partial charge < -0.3 is 24.4 Å². The molecule has 4 heterocycles. The van der Waals surface area contributed by atoms with E-state index in [4.69, 9.17) is 21.1 Å². The van der Waals surface area contributed by atoms with E-state index in [0.717, 1.165) is 61.2 Å². The molecule has 1 saturated heterocycles. The average Bonchev–Trinajstić information content (AvgIpc) is 3.43. The van der Waals surface area contributed by atoms with Crippen LogP contribution in [0.15, 0.2) is 12.1 Å². The maximum atomic E-state index is 14.4. The third kappa shape index (κ3) is 5.73. The van der Waals surface area contributed by atoms with Crippen LogP contribution in [-0.4, -0.2) is 80.5 Å². The summed E-state index contributed by atoms with van der Waals surface area (Å²) in [5.74, 6) is -1.16. The van der Waals surface area contributed by atoms with Crippen molar-refractivity contribution in [3.05, 3.63) is 39.7 Å². The number of rotatable bonds is 8. The van der Waals surface area contributed by atoms with Crippen LogP contribution in [0.1, 0.15) is 80.4 Å². The number of hydrogen-bond acceptors (Lipinski definition) is 7. The van der Waals surface area contributed by atoms with Gasteiger partial charge >= 0.3 is 5.97 Å². The van der Waals surface area contributed by atoms with Crippen LogP contribution < -0.4 is 4.74 Å². The Morgan fingerprint density at radius 1 is 1.16 bits per heavy atom. The first kappa shape index (κ1) is 29.9. The number of aryl methyl sites for hydroxylation is 1. The second-order valence-corrected chi connectivity index (χ2v) is 12.8. The van der Waals surface area contributed by atoms with Crippen molar-refractivity contribution in [3.8, 4) is 5.75 Å². The fraction of sp³-hybridized carbons (Fsp3) is 0.645. The minimum atomic E-state index is -1.12. The lowest BCUT2D eigenvalue weighted by molar-refractivity contribution is -0.162. The number of hydrogen-bond donors (Lipinski definition) is 1. The van der Waals surface area contributed by atoms with Gasteiger partial charge in [-0.25, -0.2) is 4.68 Å². The van der Waals surface area contributed by atoms with Crippen LogP contribution in [0.4, 0.5) is 0 Å². The van der Waals surface area contributed by atoms with E-state index in [0.29, 0.717) is 62.7 Å². The molecular formula is C31H40ClN5O6. The lowest BCUT2D eigenvalue weighted by atomic mass is 9.66. The van der Waals surface area contributed by atoms with Gasteiger partial charge in [-0.05, 0) is 69.6 Å². The first-order valence-corrected chi connectivity index (χ1v) is 15.9. The van der Waals surface area contributed by atoms with Crippen molar-refractivity contribution < 1.29 is 29.0 Å². The third-order valence-corrected chi connectivity index (χ3v) is 10.3. The molecule has 0 radical (unpaired) electrons. The zero-order valence-electron chi connectivity index (χ0n) is 24.7. The second kappa shape index (κ2) is 12.4. The van der Waals surface area contributed by atoms with E-state index in [9.17, 15) is 19.5 Å². The highest BCUT2D eigenvalue weighted by molar-refractivity contribution is 6.31. The molecule has 1 N–H and O–H groups in total. The topological polar surface area (TPSA) is 127 Å². The number of nitrogens with zero attached hydrogens (tertiary/aromatic N) is 5. The van der Waals surface area contributed by atoms with E-state index in [-0.39, 0.29) is 25.0 Å². The van der Waals surface area contributed by atoms with Crippen molar-refractivity contribution in [1.29, 1.82) is 0 Å². The van der Waals surface area contributed by atoms with Crippen LogP contribution in [0.5, 0.6) is 5.75 Å². The fourth-order valence-electron chi connectivity index (χ4n) is 7.35. The van der Waals surface area contributed by atoms with Crippen molar-refractivity contribution in [2.45, 2.75) is 83.9 Å². The highest BCUT2D eigenvalue weighted by Crippen LogP contribution is 2.47. The van der Waals surface area contributed by atoms with Gasteiger partial charge in [-0.2, -0.15) is 0 Å². The highest BCUT2D eigenvalue weighted by Gasteiger charge is 2.49. The monoisotopic (exact) mass is 613 g/mol. The number of fused-ring (bicyclic) bond motifs is 2. The number of carboxylic acids is 1. The molecule has 6 rings (SSSR count). The van der Waals surface area contributed by atoms with E-state index < -0.39 is 23.3 Å². The predicted octanol–water partition coefficient (Wildman–Crippen LogP) is 3.80. The molecule has 4 aliphatic rings. The number of aliphatic carboxylic acids is 1. The molecule has 1 saturated carbocycles. The Balaban J connectivity index is 1.34. The SMILES string of the molecule is C[C@]1(C(=O)O)CCCC[C@H]1C(=O)N1CCc2c(Cl)ccc(OCc3nnn4c3CCCC4)c2[C@H]1CCN1CCOCC1=O. The summed E-state index contributed by atoms with van der Waals surface area (Å²) in [4.78, 5) is 43.0. The largest absolute Gasteiger partial charge is 0.487 e. The first-order valence-electron chi connectivity index (χ1n) is 15.5. The summed E-state index contributed by atoms with van der Waals surface area (Å²) in [6, 6.07) is 3.24. The van der Waals surface area contributed by atoms with Crippen molar-refractivity contribution >= 4 is 29.4 Å². The summed E-state index contributed by atoms with van der Waals surface area (Å²) in [6.45, 7) is 4.66. The summed E-state index contributed by atoms with van der Waals surface area (Å²) in [7, 11) is 0. The Bertz CT molecular complexity index is 1400. The van der Waals surface area contributed by atoms with E-state index in [1.54, 1.807) is 11.8 Å². The summed E-state index contributed by atoms with van der Waals surface area (Å²) < 4.78 is 13.7. The molecule has 1 aromatic heterocycles. The molecule has 43 heavy (non-hydrogen) atoms. The van der Waals surface area contributed by atoms with Crippen LogP contribution >= 0.6 is 11.6 Å². The van der Waals surface area contributed by atoms with Crippen molar-refractivity contribution in [1.82, 2.24) is 24.8 Å². The molecule has 1 aromatic carbocycles. The highest BCUT2D eigenvalue weighted by atomic mass is 35.5. The quantitative estimate of drug-likeness (QED) is 0.476. The molecule has 2 aromatic rings. The van der Waals surface area contributed by atoms with Crippen molar-refractivity contribution in [3.63, 3.8) is 0 Å². The average molecular weight is 614 g/mol. The Labute approximate surface area is 256 Å². The van der Waals surface area contributed by atoms with Gasteiger partial charge in [-0.15, -0.1) is 5.10 Å². The van der Waals surface area contributed by atoms with Gasteiger partial charge in [-0.1, -0.05) is 29.7 Å². The molecule has 0 bridgehead atoms. The van der Waals surface area contributed by atoms with Gasteiger partial charge in [0, 0.05) is 36.8 Å². The molecule has 232 valence electrons. The smallest absolute Gasteiger partial charge is 0.310 e.